The molecule has 0 aliphatic carbocycles. The van der Waals surface area contributed by atoms with Gasteiger partial charge in [-0.25, -0.2) is 0 Å². The molecule has 0 radical (unpaired) electrons. The molecule has 0 spiro atoms. The molecule has 0 unspecified atom stereocenters. The zero-order chi connectivity index (χ0) is 13.0. The van der Waals surface area contributed by atoms with Crippen LogP contribution >= 0.6 is 0 Å². The van der Waals surface area contributed by atoms with E-state index in [0.29, 0.717) is 0 Å². The molecule has 0 heteroatoms. The zero-order valence-corrected chi connectivity index (χ0v) is 10.8. The standard InChI is InChI=1S/C18H18/c1-4-9-15-13-12-14(3)17(5-2)18(15)16-10-7-6-8-11-16/h4-8,10-13H,1-2,9H2,3H3. The van der Waals surface area contributed by atoms with Gasteiger partial charge in [0.25, 0.3) is 0 Å². The van der Waals surface area contributed by atoms with Crippen LogP contribution in [0.15, 0.2) is 61.7 Å². The van der Waals surface area contributed by atoms with Gasteiger partial charge in [-0.15, -0.1) is 6.58 Å². The van der Waals surface area contributed by atoms with Crippen molar-refractivity contribution in [3.05, 3.63) is 78.4 Å². The summed E-state index contributed by atoms with van der Waals surface area (Å²) in [5.41, 5.74) is 6.31. The monoisotopic (exact) mass is 234 g/mol. The van der Waals surface area contributed by atoms with Crippen LogP contribution in [0.1, 0.15) is 16.7 Å². The average molecular weight is 234 g/mol. The van der Waals surface area contributed by atoms with E-state index in [1.807, 2.05) is 18.2 Å². The smallest absolute Gasteiger partial charge is 0.00737 e. The lowest BCUT2D eigenvalue weighted by atomic mass is 9.90. The van der Waals surface area contributed by atoms with Crippen LogP contribution < -0.4 is 0 Å². The van der Waals surface area contributed by atoms with Crippen molar-refractivity contribution >= 4 is 6.08 Å². The Morgan fingerprint density at radius 1 is 1.00 bits per heavy atom. The van der Waals surface area contributed by atoms with E-state index in [4.69, 9.17) is 0 Å². The summed E-state index contributed by atoms with van der Waals surface area (Å²) in [6.07, 6.45) is 4.78. The summed E-state index contributed by atoms with van der Waals surface area (Å²) in [4.78, 5) is 0. The van der Waals surface area contributed by atoms with Crippen LogP contribution in [0.2, 0.25) is 0 Å². The van der Waals surface area contributed by atoms with Crippen molar-refractivity contribution in [2.45, 2.75) is 13.3 Å². The Labute approximate surface area is 109 Å². The summed E-state index contributed by atoms with van der Waals surface area (Å²) < 4.78 is 0. The normalized spacial score (nSPS) is 10.1. The van der Waals surface area contributed by atoms with Crippen molar-refractivity contribution in [2.75, 3.05) is 0 Å². The largest absolute Gasteiger partial charge is 0.103 e. The minimum Gasteiger partial charge on any atom is -0.103 e. The van der Waals surface area contributed by atoms with Gasteiger partial charge < -0.3 is 0 Å². The molecule has 2 aromatic rings. The Balaban J connectivity index is 2.72. The van der Waals surface area contributed by atoms with Gasteiger partial charge in [0.05, 0.1) is 0 Å². The Morgan fingerprint density at radius 3 is 2.33 bits per heavy atom. The van der Waals surface area contributed by atoms with Crippen LogP contribution in [-0.4, -0.2) is 0 Å². The predicted octanol–water partition coefficient (Wildman–Crippen LogP) is 5.03. The van der Waals surface area contributed by atoms with Gasteiger partial charge in [0.2, 0.25) is 0 Å². The highest BCUT2D eigenvalue weighted by atomic mass is 14.1. The zero-order valence-electron chi connectivity index (χ0n) is 10.8. The molecule has 0 atom stereocenters. The first-order chi connectivity index (χ1) is 8.77. The van der Waals surface area contributed by atoms with Gasteiger partial charge >= 0.3 is 0 Å². The first-order valence-electron chi connectivity index (χ1n) is 6.19. The van der Waals surface area contributed by atoms with E-state index in [0.717, 1.165) is 6.42 Å². The molecule has 2 rings (SSSR count). The summed E-state index contributed by atoms with van der Waals surface area (Å²) in [5.74, 6) is 0. The van der Waals surface area contributed by atoms with Gasteiger partial charge in [0.1, 0.15) is 0 Å². The lowest BCUT2D eigenvalue weighted by Crippen LogP contribution is -1.94. The second-order valence-corrected chi connectivity index (χ2v) is 4.39. The predicted molar refractivity (Wildman–Crippen MR) is 80.6 cm³/mol. The molecule has 0 bridgehead atoms. The van der Waals surface area contributed by atoms with Crippen molar-refractivity contribution in [1.82, 2.24) is 0 Å². The van der Waals surface area contributed by atoms with Gasteiger partial charge in [0.15, 0.2) is 0 Å². The quantitative estimate of drug-likeness (QED) is 0.651. The van der Waals surface area contributed by atoms with Gasteiger partial charge in [-0.05, 0) is 41.2 Å². The van der Waals surface area contributed by atoms with E-state index in [1.54, 1.807) is 0 Å². The van der Waals surface area contributed by atoms with Gasteiger partial charge in [-0.1, -0.05) is 61.2 Å². The second kappa shape index (κ2) is 5.50. The van der Waals surface area contributed by atoms with Crippen molar-refractivity contribution < 1.29 is 0 Å². The highest BCUT2D eigenvalue weighted by Crippen LogP contribution is 2.31. The van der Waals surface area contributed by atoms with Crippen LogP contribution in [0.4, 0.5) is 0 Å². The fraction of sp³-hybridized carbons (Fsp3) is 0.111. The maximum absolute atomic E-state index is 3.95. The minimum absolute atomic E-state index is 0.880. The third kappa shape index (κ3) is 2.28. The van der Waals surface area contributed by atoms with Gasteiger partial charge in [-0.2, -0.15) is 0 Å². The molecule has 0 amide bonds. The molecule has 0 N–H and O–H groups in total. The van der Waals surface area contributed by atoms with Crippen LogP contribution in [0.5, 0.6) is 0 Å². The first kappa shape index (κ1) is 12.4. The minimum atomic E-state index is 0.880. The number of hydrogen-bond donors (Lipinski definition) is 0. The lowest BCUT2D eigenvalue weighted by Gasteiger charge is -2.14. The molecule has 0 aromatic heterocycles. The summed E-state index contributed by atoms with van der Waals surface area (Å²) in [7, 11) is 0. The molecule has 0 nitrogen and oxygen atoms in total. The SMILES string of the molecule is C=CCc1ccc(C)c(C=C)c1-c1ccccc1. The van der Waals surface area contributed by atoms with Crippen molar-refractivity contribution in [3.8, 4) is 11.1 Å². The molecule has 90 valence electrons. The molecule has 0 fully saturated rings. The third-order valence-corrected chi connectivity index (χ3v) is 3.18. The van der Waals surface area contributed by atoms with Crippen molar-refractivity contribution in [2.24, 2.45) is 0 Å². The molecule has 0 aliphatic rings. The summed E-state index contributed by atoms with van der Waals surface area (Å²) in [6, 6.07) is 14.8. The van der Waals surface area contributed by atoms with E-state index in [9.17, 15) is 0 Å². The molecular weight excluding hydrogens is 216 g/mol. The van der Waals surface area contributed by atoms with Gasteiger partial charge in [-0.3, -0.25) is 0 Å². The highest BCUT2D eigenvalue weighted by molar-refractivity contribution is 5.79. The topological polar surface area (TPSA) is 0 Å². The highest BCUT2D eigenvalue weighted by Gasteiger charge is 2.10. The van der Waals surface area contributed by atoms with Crippen LogP contribution in [0.25, 0.3) is 17.2 Å². The maximum atomic E-state index is 3.95. The third-order valence-electron chi connectivity index (χ3n) is 3.18. The number of aryl methyl sites for hydroxylation is 1. The summed E-state index contributed by atoms with van der Waals surface area (Å²) >= 11 is 0. The summed E-state index contributed by atoms with van der Waals surface area (Å²) in [6.45, 7) is 9.92. The first-order valence-corrected chi connectivity index (χ1v) is 6.19. The summed E-state index contributed by atoms with van der Waals surface area (Å²) in [5, 5.41) is 0. The van der Waals surface area contributed by atoms with E-state index in [-0.39, 0.29) is 0 Å². The molecule has 0 saturated carbocycles. The second-order valence-electron chi connectivity index (χ2n) is 4.39. The fourth-order valence-corrected chi connectivity index (χ4v) is 2.30. The van der Waals surface area contributed by atoms with E-state index in [2.05, 4.69) is 56.5 Å². The van der Waals surface area contributed by atoms with Crippen LogP contribution in [-0.2, 0) is 6.42 Å². The van der Waals surface area contributed by atoms with Crippen molar-refractivity contribution in [3.63, 3.8) is 0 Å². The Morgan fingerprint density at radius 2 is 1.72 bits per heavy atom. The van der Waals surface area contributed by atoms with E-state index >= 15 is 0 Å². The lowest BCUT2D eigenvalue weighted by molar-refractivity contribution is 1.26. The molecule has 0 aliphatic heterocycles. The van der Waals surface area contributed by atoms with E-state index < -0.39 is 0 Å². The number of benzene rings is 2. The number of hydrogen-bond acceptors (Lipinski definition) is 0. The molecule has 0 saturated heterocycles. The van der Waals surface area contributed by atoms with Crippen LogP contribution in [0, 0.1) is 6.92 Å². The maximum Gasteiger partial charge on any atom is -0.00737 e. The number of allylic oxidation sites excluding steroid dienone is 1. The number of rotatable bonds is 4. The molecular formula is C18H18. The van der Waals surface area contributed by atoms with Gasteiger partial charge in [0, 0.05) is 0 Å². The van der Waals surface area contributed by atoms with Crippen LogP contribution in [0.3, 0.4) is 0 Å². The van der Waals surface area contributed by atoms with Crippen molar-refractivity contribution in [1.29, 1.82) is 0 Å². The molecule has 18 heavy (non-hydrogen) atoms. The Kier molecular flexibility index (Phi) is 3.78. The average Bonchev–Trinajstić information content (AvgIpc) is 2.41. The molecule has 2 aromatic carbocycles. The van der Waals surface area contributed by atoms with E-state index in [1.165, 1.54) is 27.8 Å². The molecule has 0 heterocycles. The Bertz CT molecular complexity index is 562. The Hall–Kier alpha value is -2.08. The fourth-order valence-electron chi connectivity index (χ4n) is 2.30.